The van der Waals surface area contributed by atoms with Crippen LogP contribution in [-0.4, -0.2) is 29.3 Å². The summed E-state index contributed by atoms with van der Waals surface area (Å²) >= 11 is 0. The highest BCUT2D eigenvalue weighted by Gasteiger charge is 2.17. The standard InChI is InChI=1S/C22H25N3O/c1-16(24-22-6-2-5-21-20(22)4-3-13-23-21)17-7-9-18(10-8-17)25-14-11-19(26)12-15-25/h2-10,13,16,19,24,26H,11-12,14-15H2,1H3. The van der Waals surface area contributed by atoms with Crippen LogP contribution in [0.3, 0.4) is 0 Å². The molecule has 1 aliphatic rings. The number of fused-ring (bicyclic) bond motifs is 1. The molecule has 1 aliphatic heterocycles. The van der Waals surface area contributed by atoms with Crippen molar-refractivity contribution in [1.82, 2.24) is 4.98 Å². The van der Waals surface area contributed by atoms with Crippen molar-refractivity contribution >= 4 is 22.3 Å². The van der Waals surface area contributed by atoms with Gasteiger partial charge in [-0.05, 0) is 61.7 Å². The number of aromatic nitrogens is 1. The van der Waals surface area contributed by atoms with E-state index in [-0.39, 0.29) is 12.1 Å². The van der Waals surface area contributed by atoms with Crippen LogP contribution >= 0.6 is 0 Å². The highest BCUT2D eigenvalue weighted by molar-refractivity contribution is 5.91. The molecule has 0 amide bonds. The molecule has 0 bridgehead atoms. The molecule has 0 radical (unpaired) electrons. The SMILES string of the molecule is CC(Nc1cccc2ncccc12)c1ccc(N2CCC(O)CC2)cc1. The molecule has 26 heavy (non-hydrogen) atoms. The molecule has 4 nitrogen and oxygen atoms in total. The number of aliphatic hydroxyl groups is 1. The average Bonchev–Trinajstić information content (AvgIpc) is 2.69. The maximum absolute atomic E-state index is 9.67. The fraction of sp³-hybridized carbons (Fsp3) is 0.318. The quantitative estimate of drug-likeness (QED) is 0.736. The minimum atomic E-state index is -0.134. The van der Waals surface area contributed by atoms with Gasteiger partial charge >= 0.3 is 0 Å². The molecule has 134 valence electrons. The molecule has 1 aromatic heterocycles. The first-order valence-electron chi connectivity index (χ1n) is 9.34. The zero-order chi connectivity index (χ0) is 17.9. The number of nitrogens with one attached hydrogen (secondary N) is 1. The van der Waals surface area contributed by atoms with Gasteiger partial charge < -0.3 is 15.3 Å². The van der Waals surface area contributed by atoms with E-state index in [2.05, 4.69) is 58.5 Å². The van der Waals surface area contributed by atoms with Crippen LogP contribution in [0.5, 0.6) is 0 Å². The first-order chi connectivity index (χ1) is 12.7. The minimum Gasteiger partial charge on any atom is -0.393 e. The van der Waals surface area contributed by atoms with E-state index in [0.29, 0.717) is 0 Å². The zero-order valence-electron chi connectivity index (χ0n) is 15.1. The lowest BCUT2D eigenvalue weighted by Gasteiger charge is -2.31. The fourth-order valence-electron chi connectivity index (χ4n) is 3.64. The Morgan fingerprint density at radius 3 is 2.58 bits per heavy atom. The largest absolute Gasteiger partial charge is 0.393 e. The van der Waals surface area contributed by atoms with E-state index in [4.69, 9.17) is 0 Å². The van der Waals surface area contributed by atoms with Crippen LogP contribution in [0.4, 0.5) is 11.4 Å². The van der Waals surface area contributed by atoms with Crippen molar-refractivity contribution < 1.29 is 5.11 Å². The van der Waals surface area contributed by atoms with Gasteiger partial charge in [0.15, 0.2) is 0 Å². The third-order valence-corrected chi connectivity index (χ3v) is 5.24. The van der Waals surface area contributed by atoms with Gasteiger partial charge in [0.05, 0.1) is 11.6 Å². The molecule has 2 heterocycles. The Labute approximate surface area is 154 Å². The van der Waals surface area contributed by atoms with Crippen molar-refractivity contribution in [2.75, 3.05) is 23.3 Å². The first kappa shape index (κ1) is 16.9. The van der Waals surface area contributed by atoms with Gasteiger partial charge in [0.2, 0.25) is 0 Å². The van der Waals surface area contributed by atoms with E-state index in [1.807, 2.05) is 24.4 Å². The van der Waals surface area contributed by atoms with Crippen molar-refractivity contribution in [3.05, 3.63) is 66.4 Å². The van der Waals surface area contributed by atoms with Crippen LogP contribution in [0.15, 0.2) is 60.8 Å². The molecule has 1 unspecified atom stereocenters. The first-order valence-corrected chi connectivity index (χ1v) is 9.34. The second-order valence-electron chi connectivity index (χ2n) is 7.05. The smallest absolute Gasteiger partial charge is 0.0722 e. The number of nitrogens with zero attached hydrogens (tertiary/aromatic N) is 2. The van der Waals surface area contributed by atoms with Crippen LogP contribution in [0.25, 0.3) is 10.9 Å². The maximum Gasteiger partial charge on any atom is 0.0722 e. The van der Waals surface area contributed by atoms with Gasteiger partial charge in [-0.1, -0.05) is 18.2 Å². The number of pyridine rings is 1. The number of hydrogen-bond acceptors (Lipinski definition) is 4. The Morgan fingerprint density at radius 2 is 1.81 bits per heavy atom. The van der Waals surface area contributed by atoms with Crippen molar-refractivity contribution in [3.8, 4) is 0 Å². The molecular weight excluding hydrogens is 322 g/mol. The summed E-state index contributed by atoms with van der Waals surface area (Å²) in [6.45, 7) is 4.04. The topological polar surface area (TPSA) is 48.4 Å². The van der Waals surface area contributed by atoms with Gasteiger partial charge in [0.1, 0.15) is 0 Å². The molecule has 2 aromatic carbocycles. The number of rotatable bonds is 4. The van der Waals surface area contributed by atoms with Gasteiger partial charge in [0.25, 0.3) is 0 Å². The van der Waals surface area contributed by atoms with E-state index in [0.717, 1.165) is 42.5 Å². The summed E-state index contributed by atoms with van der Waals surface area (Å²) in [5.41, 5.74) is 4.61. The predicted molar refractivity (Wildman–Crippen MR) is 108 cm³/mol. The number of aliphatic hydroxyl groups excluding tert-OH is 1. The van der Waals surface area contributed by atoms with Crippen LogP contribution in [0.2, 0.25) is 0 Å². The Morgan fingerprint density at radius 1 is 1.04 bits per heavy atom. The molecule has 0 saturated carbocycles. The molecule has 3 aromatic rings. The van der Waals surface area contributed by atoms with Gasteiger partial charge in [-0.2, -0.15) is 0 Å². The summed E-state index contributed by atoms with van der Waals surface area (Å²) in [4.78, 5) is 6.78. The molecule has 0 aliphatic carbocycles. The Balaban J connectivity index is 1.49. The van der Waals surface area contributed by atoms with Gasteiger partial charge in [-0.15, -0.1) is 0 Å². The number of hydrogen-bond donors (Lipinski definition) is 2. The van der Waals surface area contributed by atoms with Gasteiger partial charge in [-0.25, -0.2) is 0 Å². The monoisotopic (exact) mass is 347 g/mol. The summed E-state index contributed by atoms with van der Waals surface area (Å²) in [7, 11) is 0. The normalized spacial score (nSPS) is 16.6. The second kappa shape index (κ2) is 7.34. The summed E-state index contributed by atoms with van der Waals surface area (Å²) in [5, 5.41) is 14.4. The van der Waals surface area contributed by atoms with Gasteiger partial charge in [0, 0.05) is 42.1 Å². The highest BCUT2D eigenvalue weighted by atomic mass is 16.3. The molecule has 0 spiro atoms. The molecule has 2 N–H and O–H groups in total. The number of benzene rings is 2. The lowest BCUT2D eigenvalue weighted by atomic mass is 10.0. The van der Waals surface area contributed by atoms with E-state index in [1.165, 1.54) is 11.3 Å². The van der Waals surface area contributed by atoms with E-state index >= 15 is 0 Å². The van der Waals surface area contributed by atoms with Crippen LogP contribution < -0.4 is 10.2 Å². The number of anilines is 2. The van der Waals surface area contributed by atoms with E-state index < -0.39 is 0 Å². The Kier molecular flexibility index (Phi) is 4.76. The third kappa shape index (κ3) is 3.51. The Bertz CT molecular complexity index is 865. The molecule has 4 rings (SSSR count). The van der Waals surface area contributed by atoms with Crippen molar-refractivity contribution in [3.63, 3.8) is 0 Å². The molecule has 4 heteroatoms. The zero-order valence-corrected chi connectivity index (χ0v) is 15.1. The average molecular weight is 347 g/mol. The van der Waals surface area contributed by atoms with Crippen molar-refractivity contribution in [2.45, 2.75) is 31.9 Å². The summed E-state index contributed by atoms with van der Waals surface area (Å²) in [5.74, 6) is 0. The van der Waals surface area contributed by atoms with Crippen molar-refractivity contribution in [1.29, 1.82) is 0 Å². The third-order valence-electron chi connectivity index (χ3n) is 5.24. The lowest BCUT2D eigenvalue weighted by molar-refractivity contribution is 0.145. The molecule has 1 fully saturated rings. The van der Waals surface area contributed by atoms with Crippen LogP contribution in [0, 0.1) is 0 Å². The lowest BCUT2D eigenvalue weighted by Crippen LogP contribution is -2.35. The highest BCUT2D eigenvalue weighted by Crippen LogP contribution is 2.27. The van der Waals surface area contributed by atoms with Gasteiger partial charge in [-0.3, -0.25) is 4.98 Å². The second-order valence-corrected chi connectivity index (χ2v) is 7.05. The predicted octanol–water partition coefficient (Wildman–Crippen LogP) is 4.37. The fourth-order valence-corrected chi connectivity index (χ4v) is 3.64. The molecule has 1 saturated heterocycles. The number of piperidine rings is 1. The minimum absolute atomic E-state index is 0.134. The van der Waals surface area contributed by atoms with E-state index in [1.54, 1.807) is 0 Å². The maximum atomic E-state index is 9.67. The Hall–Kier alpha value is -2.59. The summed E-state index contributed by atoms with van der Waals surface area (Å²) < 4.78 is 0. The summed E-state index contributed by atoms with van der Waals surface area (Å²) in [6, 6.07) is 19.2. The van der Waals surface area contributed by atoms with Crippen LogP contribution in [0.1, 0.15) is 31.4 Å². The van der Waals surface area contributed by atoms with Crippen molar-refractivity contribution in [2.24, 2.45) is 0 Å². The molecule has 1 atom stereocenters. The molecular formula is C22H25N3O. The summed E-state index contributed by atoms with van der Waals surface area (Å²) in [6.07, 6.45) is 3.40. The van der Waals surface area contributed by atoms with Crippen LogP contribution in [-0.2, 0) is 0 Å². The van der Waals surface area contributed by atoms with E-state index in [9.17, 15) is 5.11 Å².